The van der Waals surface area contributed by atoms with Crippen LogP contribution in [-0.2, 0) is 4.79 Å². The Morgan fingerprint density at radius 3 is 2.63 bits per heavy atom. The van der Waals surface area contributed by atoms with Crippen LogP contribution in [0.1, 0.15) is 51.0 Å². The molecule has 5 rings (SSSR count). The molecule has 1 saturated carbocycles. The normalized spacial score (nSPS) is 19.7. The zero-order valence-electron chi connectivity index (χ0n) is 17.1. The lowest BCUT2D eigenvalue weighted by molar-refractivity contribution is -0.122. The number of oxazole rings is 1. The summed E-state index contributed by atoms with van der Waals surface area (Å²) in [7, 11) is 0. The van der Waals surface area contributed by atoms with Gasteiger partial charge in [0.05, 0.1) is 11.8 Å². The maximum Gasteiger partial charge on any atom is 0.240 e. The fourth-order valence-corrected chi connectivity index (χ4v) is 4.30. The second kappa shape index (κ2) is 7.94. The van der Waals surface area contributed by atoms with Crippen LogP contribution in [0.15, 0.2) is 52.0 Å². The molecule has 6 heteroatoms. The molecule has 1 aromatic heterocycles. The average molecular weight is 403 g/mol. The van der Waals surface area contributed by atoms with Gasteiger partial charge in [0.15, 0.2) is 5.58 Å². The van der Waals surface area contributed by atoms with Crippen LogP contribution in [0, 0.1) is 5.92 Å². The van der Waals surface area contributed by atoms with Gasteiger partial charge in [-0.15, -0.1) is 0 Å². The Morgan fingerprint density at radius 1 is 1.10 bits per heavy atom. The zero-order valence-corrected chi connectivity index (χ0v) is 17.1. The number of carbonyl (C=O) groups is 1. The van der Waals surface area contributed by atoms with Crippen molar-refractivity contribution in [2.75, 3.05) is 0 Å². The highest BCUT2D eigenvalue weighted by Gasteiger charge is 2.24. The minimum atomic E-state index is -0.0333. The summed E-state index contributed by atoms with van der Waals surface area (Å²) in [5.74, 6) is 1.56. The van der Waals surface area contributed by atoms with E-state index in [1.54, 1.807) is 0 Å². The van der Waals surface area contributed by atoms with Crippen molar-refractivity contribution in [3.63, 3.8) is 0 Å². The zero-order chi connectivity index (χ0) is 20.5. The summed E-state index contributed by atoms with van der Waals surface area (Å²) < 4.78 is 12.1. The third-order valence-corrected chi connectivity index (χ3v) is 6.00. The molecular formula is C24H25N3O3. The third kappa shape index (κ3) is 3.70. The number of nitrogens with zero attached hydrogens (tertiary/aromatic N) is 2. The fraction of sp³-hybridized carbons (Fsp3) is 0.375. The quantitative estimate of drug-likeness (QED) is 0.645. The van der Waals surface area contributed by atoms with Gasteiger partial charge in [0.25, 0.3) is 0 Å². The number of hydrazone groups is 1. The van der Waals surface area contributed by atoms with E-state index >= 15 is 0 Å². The number of hydrogen-bond acceptors (Lipinski definition) is 5. The molecule has 0 radical (unpaired) electrons. The summed E-state index contributed by atoms with van der Waals surface area (Å²) in [5.41, 5.74) is 6.87. The third-order valence-electron chi connectivity index (χ3n) is 6.00. The number of hydrogen-bond donors (Lipinski definition) is 1. The van der Waals surface area contributed by atoms with Crippen molar-refractivity contribution in [2.45, 2.75) is 51.6 Å². The van der Waals surface area contributed by atoms with E-state index in [1.165, 1.54) is 12.8 Å². The minimum absolute atomic E-state index is 0.0333. The van der Waals surface area contributed by atoms with Crippen molar-refractivity contribution in [1.29, 1.82) is 0 Å². The SMILES string of the molecule is CCC1CC(=O)NN=C1c1ccc2nc(-c3ccc(OC4CCCC4)cc3)oc2c1. The fourth-order valence-electron chi connectivity index (χ4n) is 4.30. The Kier molecular flexibility index (Phi) is 4.99. The molecule has 1 atom stereocenters. The minimum Gasteiger partial charge on any atom is -0.490 e. The standard InChI is InChI=1S/C24H25N3O3/c1-2-15-14-22(28)26-27-23(15)17-9-12-20-21(13-17)30-24(25-20)16-7-10-19(11-8-16)29-18-5-3-4-6-18/h7-13,15,18H,2-6,14H2,1H3,(H,26,28). The van der Waals surface area contributed by atoms with E-state index in [4.69, 9.17) is 9.15 Å². The number of benzene rings is 2. The number of nitrogens with one attached hydrogen (secondary N) is 1. The largest absolute Gasteiger partial charge is 0.490 e. The van der Waals surface area contributed by atoms with Gasteiger partial charge in [-0.3, -0.25) is 4.79 Å². The van der Waals surface area contributed by atoms with Crippen molar-refractivity contribution in [3.05, 3.63) is 48.0 Å². The Labute approximate surface area is 175 Å². The second-order valence-electron chi connectivity index (χ2n) is 8.09. The lowest BCUT2D eigenvalue weighted by Gasteiger charge is -2.21. The lowest BCUT2D eigenvalue weighted by Crippen LogP contribution is -2.33. The highest BCUT2D eigenvalue weighted by molar-refractivity contribution is 6.07. The summed E-state index contributed by atoms with van der Waals surface area (Å²) >= 11 is 0. The molecule has 1 N–H and O–H groups in total. The van der Waals surface area contributed by atoms with Crippen molar-refractivity contribution in [3.8, 4) is 17.2 Å². The van der Waals surface area contributed by atoms with Crippen molar-refractivity contribution in [2.24, 2.45) is 11.0 Å². The molecule has 30 heavy (non-hydrogen) atoms. The molecule has 0 spiro atoms. The van der Waals surface area contributed by atoms with Crippen LogP contribution in [0.4, 0.5) is 0 Å². The summed E-state index contributed by atoms with van der Waals surface area (Å²) in [5, 5.41) is 4.30. The molecule has 1 unspecified atom stereocenters. The van der Waals surface area contributed by atoms with Gasteiger partial charge >= 0.3 is 0 Å². The Bertz CT molecular complexity index is 1090. The maximum atomic E-state index is 11.6. The molecule has 1 fully saturated rings. The topological polar surface area (TPSA) is 76.7 Å². The molecule has 2 heterocycles. The summed E-state index contributed by atoms with van der Waals surface area (Å²) in [6, 6.07) is 13.8. The molecular weight excluding hydrogens is 378 g/mol. The lowest BCUT2D eigenvalue weighted by atomic mass is 9.90. The van der Waals surface area contributed by atoms with E-state index < -0.39 is 0 Å². The van der Waals surface area contributed by atoms with Gasteiger partial charge in [-0.2, -0.15) is 5.10 Å². The predicted octanol–water partition coefficient (Wildman–Crippen LogP) is 5.07. The number of fused-ring (bicyclic) bond motifs is 1. The summed E-state index contributed by atoms with van der Waals surface area (Å²) in [4.78, 5) is 16.3. The van der Waals surface area contributed by atoms with Gasteiger partial charge < -0.3 is 9.15 Å². The monoisotopic (exact) mass is 403 g/mol. The van der Waals surface area contributed by atoms with Crippen LogP contribution in [0.5, 0.6) is 5.75 Å². The molecule has 1 aliphatic heterocycles. The van der Waals surface area contributed by atoms with E-state index in [0.29, 0.717) is 24.0 Å². The predicted molar refractivity (Wildman–Crippen MR) is 115 cm³/mol. The molecule has 1 amide bonds. The van der Waals surface area contributed by atoms with Crippen LogP contribution in [0.2, 0.25) is 0 Å². The highest BCUT2D eigenvalue weighted by atomic mass is 16.5. The molecule has 6 nitrogen and oxygen atoms in total. The Morgan fingerprint density at radius 2 is 1.87 bits per heavy atom. The van der Waals surface area contributed by atoms with Crippen molar-refractivity contribution >= 4 is 22.7 Å². The molecule has 3 aromatic rings. The van der Waals surface area contributed by atoms with Gasteiger partial charge in [-0.25, -0.2) is 10.4 Å². The van der Waals surface area contributed by atoms with Crippen LogP contribution < -0.4 is 10.2 Å². The Hall–Kier alpha value is -3.15. The van der Waals surface area contributed by atoms with Crippen molar-refractivity contribution < 1.29 is 13.9 Å². The molecule has 2 aliphatic rings. The van der Waals surface area contributed by atoms with E-state index in [9.17, 15) is 4.79 Å². The molecule has 154 valence electrons. The number of rotatable bonds is 5. The highest BCUT2D eigenvalue weighted by Crippen LogP contribution is 2.30. The molecule has 0 bridgehead atoms. The van der Waals surface area contributed by atoms with E-state index in [1.807, 2.05) is 42.5 Å². The van der Waals surface area contributed by atoms with Crippen LogP contribution in [-0.4, -0.2) is 22.7 Å². The van der Waals surface area contributed by atoms with Crippen LogP contribution >= 0.6 is 0 Å². The first-order valence-electron chi connectivity index (χ1n) is 10.7. The van der Waals surface area contributed by atoms with Gasteiger partial charge in [-0.05, 0) is 68.5 Å². The Balaban J connectivity index is 1.39. The number of carbonyl (C=O) groups excluding carboxylic acids is 1. The van der Waals surface area contributed by atoms with Gasteiger partial charge in [0.1, 0.15) is 11.3 Å². The first kappa shape index (κ1) is 18.9. The first-order chi connectivity index (χ1) is 14.7. The van der Waals surface area contributed by atoms with Crippen LogP contribution in [0.25, 0.3) is 22.6 Å². The molecule has 2 aromatic carbocycles. The molecule has 1 aliphatic carbocycles. The van der Waals surface area contributed by atoms with E-state index in [0.717, 1.165) is 47.4 Å². The number of ether oxygens (including phenoxy) is 1. The number of aromatic nitrogens is 1. The van der Waals surface area contributed by atoms with Gasteiger partial charge in [-0.1, -0.05) is 13.0 Å². The van der Waals surface area contributed by atoms with Gasteiger partial charge in [0.2, 0.25) is 11.8 Å². The number of amides is 1. The molecule has 0 saturated heterocycles. The van der Waals surface area contributed by atoms with Crippen molar-refractivity contribution in [1.82, 2.24) is 10.4 Å². The first-order valence-corrected chi connectivity index (χ1v) is 10.7. The maximum absolute atomic E-state index is 11.6. The van der Waals surface area contributed by atoms with E-state index in [-0.39, 0.29) is 11.8 Å². The smallest absolute Gasteiger partial charge is 0.240 e. The van der Waals surface area contributed by atoms with Gasteiger partial charge in [0, 0.05) is 23.5 Å². The second-order valence-corrected chi connectivity index (χ2v) is 8.09. The summed E-state index contributed by atoms with van der Waals surface area (Å²) in [6.07, 6.45) is 6.46. The van der Waals surface area contributed by atoms with E-state index in [2.05, 4.69) is 22.4 Å². The summed E-state index contributed by atoms with van der Waals surface area (Å²) in [6.45, 7) is 2.07. The average Bonchev–Trinajstić information content (AvgIpc) is 3.43. The van der Waals surface area contributed by atoms with Crippen LogP contribution in [0.3, 0.4) is 0 Å².